The van der Waals surface area contributed by atoms with Crippen LogP contribution in [0.3, 0.4) is 0 Å². The first-order valence-corrected chi connectivity index (χ1v) is 23.0. The Bertz CT molecular complexity index is 1580. The monoisotopic (exact) mass is 738 g/mol. The first-order valence-electron chi connectivity index (χ1n) is 18.4. The summed E-state index contributed by atoms with van der Waals surface area (Å²) in [5, 5.41) is 5.76. The maximum atomic E-state index is 4.91. The molecule has 2 aliphatic heterocycles. The summed E-state index contributed by atoms with van der Waals surface area (Å²) in [6.07, 6.45) is 4.83. The van der Waals surface area contributed by atoms with Crippen LogP contribution in [0, 0.1) is 0 Å². The average Bonchev–Trinajstić information content (AvgIpc) is 3.14. The van der Waals surface area contributed by atoms with Gasteiger partial charge in [0.05, 0.1) is 22.8 Å². The molecule has 4 nitrogen and oxygen atoms in total. The van der Waals surface area contributed by atoms with Crippen LogP contribution in [0.4, 0.5) is 0 Å². The highest BCUT2D eigenvalue weighted by atomic mass is 32.2. The molecule has 0 N–H and O–H groups in total. The maximum Gasteiger partial charge on any atom is 0.0506 e. The fraction of sp³-hybridized carbons (Fsp3) is 0.429. The summed E-state index contributed by atoms with van der Waals surface area (Å²) in [6.45, 7) is 6.57. The predicted molar refractivity (Wildman–Crippen MR) is 224 cm³/mol. The molecule has 0 saturated carbocycles. The number of hydrogen-bond acceptors (Lipinski definition) is 8. The Morgan fingerprint density at radius 3 is 1.00 bits per heavy atom. The Morgan fingerprint density at radius 1 is 0.400 bits per heavy atom. The number of benzene rings is 3. The Balaban J connectivity index is 1.10. The van der Waals surface area contributed by atoms with Crippen molar-refractivity contribution >= 4 is 68.6 Å². The summed E-state index contributed by atoms with van der Waals surface area (Å²) in [5.74, 6) is 8.74. The molecular formula is C42H50N4S4. The minimum atomic E-state index is 1.01. The lowest BCUT2D eigenvalue weighted by atomic mass is 9.91. The molecule has 7 rings (SSSR count). The van der Waals surface area contributed by atoms with Gasteiger partial charge in [-0.1, -0.05) is 60.7 Å². The zero-order valence-corrected chi connectivity index (χ0v) is 32.5. The highest BCUT2D eigenvalue weighted by molar-refractivity contribution is 7.99. The van der Waals surface area contributed by atoms with Crippen LogP contribution in [0.25, 0.3) is 21.5 Å². The predicted octanol–water partition coefficient (Wildman–Crippen LogP) is 10.3. The van der Waals surface area contributed by atoms with Crippen molar-refractivity contribution in [2.24, 2.45) is 0 Å². The summed E-state index contributed by atoms with van der Waals surface area (Å²) in [5.41, 5.74) is 7.92. The molecule has 4 bridgehead atoms. The van der Waals surface area contributed by atoms with Crippen LogP contribution >= 0.6 is 47.0 Å². The molecule has 0 aliphatic carbocycles. The summed E-state index contributed by atoms with van der Waals surface area (Å²) < 4.78 is 0. The SMILES string of the molecule is c1cc2nc(c1)CSCCCN(Cc1c3ccccc3c(CN3CCCSCc4cccc(n4)CSCCC3)c3ccccc13)CCCSC2. The third kappa shape index (κ3) is 10.0. The van der Waals surface area contributed by atoms with E-state index >= 15 is 0 Å². The molecule has 0 spiro atoms. The number of aromatic nitrogens is 2. The Kier molecular flexibility index (Phi) is 13.8. The van der Waals surface area contributed by atoms with Gasteiger partial charge in [0.1, 0.15) is 0 Å². The van der Waals surface area contributed by atoms with Crippen LogP contribution in [0.5, 0.6) is 0 Å². The quantitative estimate of drug-likeness (QED) is 0.169. The number of fused-ring (bicyclic) bond motifs is 6. The van der Waals surface area contributed by atoms with Crippen LogP contribution in [0.1, 0.15) is 59.6 Å². The third-order valence-electron chi connectivity index (χ3n) is 9.70. The van der Waals surface area contributed by atoms with Crippen molar-refractivity contribution in [1.29, 1.82) is 0 Å². The van der Waals surface area contributed by atoms with Gasteiger partial charge in [-0.25, -0.2) is 0 Å². The lowest BCUT2D eigenvalue weighted by Crippen LogP contribution is -2.28. The number of rotatable bonds is 4. The van der Waals surface area contributed by atoms with Crippen LogP contribution in [-0.4, -0.2) is 69.0 Å². The molecule has 2 aromatic heterocycles. The molecule has 50 heavy (non-hydrogen) atoms. The number of hydrogen-bond donors (Lipinski definition) is 0. The van der Waals surface area contributed by atoms with Gasteiger partial charge < -0.3 is 0 Å². The molecule has 0 atom stereocenters. The van der Waals surface area contributed by atoms with Gasteiger partial charge in [0.15, 0.2) is 0 Å². The van der Waals surface area contributed by atoms with Gasteiger partial charge in [-0.3, -0.25) is 19.8 Å². The summed E-state index contributed by atoms with van der Waals surface area (Å²) >= 11 is 8.13. The normalized spacial score (nSPS) is 18.4. The standard InChI is InChI=1S/C42H50N4S4/c1-2-16-38-37(15-1)41(27-45-19-7-23-47-29-33-11-5-12-34(43-33)30-48-24-8-20-45)39-17-3-4-18-40(39)42(38)28-46-21-9-25-49-31-35-13-6-14-36(44-35)32-50-26-10-22-46/h1-6,11-18H,7-10,19-32H2. The second-order valence-corrected chi connectivity index (χ2v) is 17.9. The molecule has 8 heteroatoms. The van der Waals surface area contributed by atoms with Crippen molar-refractivity contribution in [3.63, 3.8) is 0 Å². The minimum Gasteiger partial charge on any atom is -0.299 e. The topological polar surface area (TPSA) is 32.3 Å². The van der Waals surface area contributed by atoms with E-state index in [1.165, 1.54) is 104 Å². The van der Waals surface area contributed by atoms with E-state index < -0.39 is 0 Å². The van der Waals surface area contributed by atoms with E-state index in [9.17, 15) is 0 Å². The second kappa shape index (κ2) is 19.0. The van der Waals surface area contributed by atoms with Crippen molar-refractivity contribution in [2.75, 3.05) is 49.2 Å². The first-order chi connectivity index (χ1) is 24.8. The van der Waals surface area contributed by atoms with E-state index in [0.717, 1.165) is 62.3 Å². The molecule has 2 aliphatic rings. The van der Waals surface area contributed by atoms with E-state index in [-0.39, 0.29) is 0 Å². The van der Waals surface area contributed by atoms with Gasteiger partial charge in [-0.15, -0.1) is 0 Å². The van der Waals surface area contributed by atoms with Gasteiger partial charge in [0, 0.05) is 36.1 Å². The lowest BCUT2D eigenvalue weighted by Gasteiger charge is -2.27. The Labute approximate surface area is 316 Å². The third-order valence-corrected chi connectivity index (χ3v) is 14.0. The molecule has 0 amide bonds. The van der Waals surface area contributed by atoms with Gasteiger partial charge >= 0.3 is 0 Å². The molecule has 0 radical (unpaired) electrons. The summed E-state index contributed by atoms with van der Waals surface area (Å²) in [7, 11) is 0. The fourth-order valence-corrected chi connectivity index (χ4v) is 10.7. The second-order valence-electron chi connectivity index (χ2n) is 13.5. The Morgan fingerprint density at radius 2 is 0.700 bits per heavy atom. The van der Waals surface area contributed by atoms with Crippen LogP contribution in [-0.2, 0) is 36.1 Å². The van der Waals surface area contributed by atoms with E-state index in [1.807, 2.05) is 47.0 Å². The number of nitrogens with zero attached hydrogens (tertiary/aromatic N) is 4. The largest absolute Gasteiger partial charge is 0.299 e. The smallest absolute Gasteiger partial charge is 0.0506 e. The van der Waals surface area contributed by atoms with Crippen molar-refractivity contribution in [3.8, 4) is 0 Å². The van der Waals surface area contributed by atoms with Gasteiger partial charge in [-0.05, 0) is 132 Å². The molecule has 5 aromatic rings. The highest BCUT2D eigenvalue weighted by Gasteiger charge is 2.19. The summed E-state index contributed by atoms with van der Waals surface area (Å²) in [4.78, 5) is 15.3. The van der Waals surface area contributed by atoms with Crippen molar-refractivity contribution in [1.82, 2.24) is 19.8 Å². The number of thioether (sulfide) groups is 4. The molecule has 0 saturated heterocycles. The zero-order chi connectivity index (χ0) is 33.8. The summed E-state index contributed by atoms with van der Waals surface area (Å²) in [6, 6.07) is 31.7. The minimum absolute atomic E-state index is 1.01. The van der Waals surface area contributed by atoms with Gasteiger partial charge in [-0.2, -0.15) is 47.0 Å². The van der Waals surface area contributed by atoms with Crippen molar-refractivity contribution < 1.29 is 0 Å². The highest BCUT2D eigenvalue weighted by Crippen LogP contribution is 2.35. The van der Waals surface area contributed by atoms with Gasteiger partial charge in [0.25, 0.3) is 0 Å². The molecule has 4 heterocycles. The van der Waals surface area contributed by atoms with Crippen molar-refractivity contribution in [2.45, 2.75) is 61.8 Å². The number of pyridine rings is 2. The molecule has 262 valence electrons. The zero-order valence-electron chi connectivity index (χ0n) is 29.2. The van der Waals surface area contributed by atoms with Crippen molar-refractivity contribution in [3.05, 3.63) is 119 Å². The molecule has 3 aromatic carbocycles. The fourth-order valence-electron chi connectivity index (χ4n) is 7.28. The maximum absolute atomic E-state index is 4.91. The van der Waals surface area contributed by atoms with Crippen LogP contribution in [0.2, 0.25) is 0 Å². The molecule has 0 fully saturated rings. The van der Waals surface area contributed by atoms with Crippen LogP contribution < -0.4 is 0 Å². The molecular weight excluding hydrogens is 689 g/mol. The van der Waals surface area contributed by atoms with Crippen LogP contribution in [0.15, 0.2) is 84.9 Å². The van der Waals surface area contributed by atoms with E-state index in [2.05, 4.69) is 94.7 Å². The lowest BCUT2D eigenvalue weighted by molar-refractivity contribution is 0.268. The molecule has 0 unspecified atom stereocenters. The van der Waals surface area contributed by atoms with E-state index in [1.54, 1.807) is 0 Å². The van der Waals surface area contributed by atoms with Gasteiger partial charge in [0.2, 0.25) is 0 Å². The Hall–Kier alpha value is -2.20. The first kappa shape index (κ1) is 36.2. The average molecular weight is 739 g/mol. The van der Waals surface area contributed by atoms with E-state index in [0.29, 0.717) is 0 Å². The van der Waals surface area contributed by atoms with E-state index in [4.69, 9.17) is 9.97 Å².